The van der Waals surface area contributed by atoms with Crippen LogP contribution in [0.15, 0.2) is 12.1 Å². The van der Waals surface area contributed by atoms with Crippen LogP contribution in [-0.2, 0) is 6.42 Å². The van der Waals surface area contributed by atoms with Gasteiger partial charge in [-0.1, -0.05) is 6.07 Å². The predicted octanol–water partition coefficient (Wildman–Crippen LogP) is 2.58. The van der Waals surface area contributed by atoms with E-state index in [1.54, 1.807) is 0 Å². The van der Waals surface area contributed by atoms with E-state index in [2.05, 4.69) is 12.1 Å². The van der Waals surface area contributed by atoms with Crippen molar-refractivity contribution in [1.82, 2.24) is 0 Å². The minimum absolute atomic E-state index is 0.165. The van der Waals surface area contributed by atoms with E-state index in [1.807, 2.05) is 26.8 Å². The van der Waals surface area contributed by atoms with Crippen LogP contribution in [-0.4, -0.2) is 5.60 Å². The van der Waals surface area contributed by atoms with Gasteiger partial charge < -0.3 is 4.74 Å². The average molecular weight is 187 g/mol. The topological polar surface area (TPSA) is 33.0 Å². The van der Waals surface area contributed by atoms with Gasteiger partial charge in [0.05, 0.1) is 5.56 Å². The largest absolute Gasteiger partial charge is 0.486 e. The fourth-order valence-corrected chi connectivity index (χ4v) is 1.95. The van der Waals surface area contributed by atoms with Crippen molar-refractivity contribution < 1.29 is 4.74 Å². The summed E-state index contributed by atoms with van der Waals surface area (Å²) in [5, 5.41) is 8.97. The van der Waals surface area contributed by atoms with Crippen LogP contribution < -0.4 is 4.74 Å². The molecule has 0 saturated heterocycles. The normalized spacial score (nSPS) is 17.0. The van der Waals surface area contributed by atoms with Gasteiger partial charge in [-0.3, -0.25) is 0 Å². The van der Waals surface area contributed by atoms with Crippen molar-refractivity contribution in [3.8, 4) is 11.8 Å². The molecule has 0 unspecified atom stereocenters. The van der Waals surface area contributed by atoms with Gasteiger partial charge >= 0.3 is 0 Å². The first kappa shape index (κ1) is 9.08. The molecule has 0 N–H and O–H groups in total. The molecule has 1 aliphatic heterocycles. The Hall–Kier alpha value is -1.49. The Morgan fingerprint density at radius 2 is 2.14 bits per heavy atom. The first-order chi connectivity index (χ1) is 6.52. The number of aryl methyl sites for hydroxylation is 1. The second-order valence-electron chi connectivity index (χ2n) is 4.45. The zero-order valence-corrected chi connectivity index (χ0v) is 8.72. The van der Waals surface area contributed by atoms with Crippen LogP contribution >= 0.6 is 0 Å². The summed E-state index contributed by atoms with van der Waals surface area (Å²) in [6.45, 7) is 6.10. The maximum atomic E-state index is 8.97. The summed E-state index contributed by atoms with van der Waals surface area (Å²) in [6.07, 6.45) is 0.888. The van der Waals surface area contributed by atoms with E-state index < -0.39 is 0 Å². The van der Waals surface area contributed by atoms with Crippen molar-refractivity contribution in [3.63, 3.8) is 0 Å². The molecule has 14 heavy (non-hydrogen) atoms. The number of nitrogens with zero attached hydrogens (tertiary/aromatic N) is 1. The summed E-state index contributed by atoms with van der Waals surface area (Å²) in [6, 6.07) is 6.16. The molecule has 2 heteroatoms. The van der Waals surface area contributed by atoms with Crippen LogP contribution in [0.4, 0.5) is 0 Å². The zero-order chi connectivity index (χ0) is 10.3. The summed E-state index contributed by atoms with van der Waals surface area (Å²) < 4.78 is 5.75. The molecule has 0 aromatic heterocycles. The van der Waals surface area contributed by atoms with Crippen LogP contribution in [0.25, 0.3) is 0 Å². The Labute approximate surface area is 84.1 Å². The van der Waals surface area contributed by atoms with E-state index >= 15 is 0 Å². The molecule has 0 amide bonds. The molecule has 0 bridgehead atoms. The smallest absolute Gasteiger partial charge is 0.141 e. The number of hydrogen-bond donors (Lipinski definition) is 0. The highest BCUT2D eigenvalue weighted by atomic mass is 16.5. The fraction of sp³-hybridized carbons (Fsp3) is 0.417. The molecule has 1 aromatic carbocycles. The molecular formula is C12H13NO. The Bertz CT molecular complexity index is 427. The van der Waals surface area contributed by atoms with E-state index in [0.717, 1.165) is 23.3 Å². The second kappa shape index (κ2) is 2.75. The van der Waals surface area contributed by atoms with E-state index in [4.69, 9.17) is 10.00 Å². The molecule has 1 aromatic rings. The highest BCUT2D eigenvalue weighted by molar-refractivity contribution is 5.53. The number of benzene rings is 1. The Morgan fingerprint density at radius 1 is 1.43 bits per heavy atom. The predicted molar refractivity (Wildman–Crippen MR) is 54.3 cm³/mol. The second-order valence-corrected chi connectivity index (χ2v) is 4.45. The number of nitriles is 1. The Morgan fingerprint density at radius 3 is 2.79 bits per heavy atom. The van der Waals surface area contributed by atoms with Gasteiger partial charge in [-0.25, -0.2) is 0 Å². The number of fused-ring (bicyclic) bond motifs is 1. The van der Waals surface area contributed by atoms with E-state index in [9.17, 15) is 0 Å². The molecule has 72 valence electrons. The standard InChI is InChI=1S/C12H13NO/c1-8-4-9-6-12(2,3)14-11(9)10(5-8)7-13/h4-5H,6H2,1-3H3. The molecule has 2 rings (SSSR count). The number of ether oxygens (including phenoxy) is 1. The average Bonchev–Trinajstić information content (AvgIpc) is 2.37. The van der Waals surface area contributed by atoms with Gasteiger partial charge in [-0.05, 0) is 38.0 Å². The van der Waals surface area contributed by atoms with Gasteiger partial charge in [-0.15, -0.1) is 0 Å². The lowest BCUT2D eigenvalue weighted by Gasteiger charge is -2.17. The molecular weight excluding hydrogens is 174 g/mol. The molecule has 1 heterocycles. The lowest BCUT2D eigenvalue weighted by atomic mass is 9.99. The molecule has 0 aliphatic carbocycles. The van der Waals surface area contributed by atoms with Gasteiger partial charge in [0.15, 0.2) is 0 Å². The highest BCUT2D eigenvalue weighted by Gasteiger charge is 2.31. The maximum absolute atomic E-state index is 8.97. The molecule has 0 spiro atoms. The van der Waals surface area contributed by atoms with Crippen molar-refractivity contribution >= 4 is 0 Å². The summed E-state index contributed by atoms with van der Waals surface area (Å²) in [5.74, 6) is 0.781. The highest BCUT2D eigenvalue weighted by Crippen LogP contribution is 2.37. The molecule has 1 aliphatic rings. The third-order valence-electron chi connectivity index (χ3n) is 2.43. The van der Waals surface area contributed by atoms with Crippen LogP contribution in [0.3, 0.4) is 0 Å². The van der Waals surface area contributed by atoms with Gasteiger partial charge in [0, 0.05) is 6.42 Å². The van der Waals surface area contributed by atoms with E-state index in [1.165, 1.54) is 0 Å². The number of rotatable bonds is 0. The van der Waals surface area contributed by atoms with Crippen molar-refractivity contribution in [2.75, 3.05) is 0 Å². The molecule has 0 radical (unpaired) electrons. The van der Waals surface area contributed by atoms with Crippen molar-refractivity contribution in [1.29, 1.82) is 5.26 Å². The quantitative estimate of drug-likeness (QED) is 0.625. The lowest BCUT2D eigenvalue weighted by molar-refractivity contribution is 0.138. The van der Waals surface area contributed by atoms with Gasteiger partial charge in [0.1, 0.15) is 17.4 Å². The minimum Gasteiger partial charge on any atom is -0.486 e. The van der Waals surface area contributed by atoms with Gasteiger partial charge in [-0.2, -0.15) is 5.26 Å². The van der Waals surface area contributed by atoms with Gasteiger partial charge in [0.25, 0.3) is 0 Å². The first-order valence-electron chi connectivity index (χ1n) is 4.74. The fourth-order valence-electron chi connectivity index (χ4n) is 1.95. The monoisotopic (exact) mass is 187 g/mol. The minimum atomic E-state index is -0.165. The van der Waals surface area contributed by atoms with Crippen molar-refractivity contribution in [2.45, 2.75) is 32.8 Å². The Kier molecular flexibility index (Phi) is 1.78. The van der Waals surface area contributed by atoms with Crippen molar-refractivity contribution in [3.05, 3.63) is 28.8 Å². The molecule has 0 atom stereocenters. The van der Waals surface area contributed by atoms with Crippen molar-refractivity contribution in [2.24, 2.45) is 0 Å². The summed E-state index contributed by atoms with van der Waals surface area (Å²) >= 11 is 0. The summed E-state index contributed by atoms with van der Waals surface area (Å²) in [5.41, 5.74) is 2.78. The summed E-state index contributed by atoms with van der Waals surface area (Å²) in [4.78, 5) is 0. The molecule has 0 fully saturated rings. The van der Waals surface area contributed by atoms with E-state index in [-0.39, 0.29) is 5.60 Å². The first-order valence-corrected chi connectivity index (χ1v) is 4.74. The van der Waals surface area contributed by atoms with Crippen LogP contribution in [0, 0.1) is 18.3 Å². The zero-order valence-electron chi connectivity index (χ0n) is 8.72. The third kappa shape index (κ3) is 1.35. The third-order valence-corrected chi connectivity index (χ3v) is 2.43. The molecule has 0 saturated carbocycles. The molecule has 2 nitrogen and oxygen atoms in total. The van der Waals surface area contributed by atoms with Crippen LogP contribution in [0.1, 0.15) is 30.5 Å². The van der Waals surface area contributed by atoms with Gasteiger partial charge in [0.2, 0.25) is 0 Å². The van der Waals surface area contributed by atoms with Crippen LogP contribution in [0.5, 0.6) is 5.75 Å². The maximum Gasteiger partial charge on any atom is 0.141 e. The van der Waals surface area contributed by atoms with Crippen LogP contribution in [0.2, 0.25) is 0 Å². The Balaban J connectivity index is 2.58. The van der Waals surface area contributed by atoms with E-state index in [0.29, 0.717) is 5.56 Å². The SMILES string of the molecule is Cc1cc(C#N)c2c(c1)CC(C)(C)O2. The number of hydrogen-bond acceptors (Lipinski definition) is 2. The lowest BCUT2D eigenvalue weighted by Crippen LogP contribution is -2.24. The summed E-state index contributed by atoms with van der Waals surface area (Å²) in [7, 11) is 0.